The molecular formula is C17H28N2O8S. The Hall–Kier alpha value is -0.820. The molecule has 0 aromatic rings. The second kappa shape index (κ2) is 6.59. The van der Waals surface area contributed by atoms with Crippen LogP contribution >= 0.6 is 0 Å². The highest BCUT2D eigenvalue weighted by Crippen LogP contribution is 2.47. The summed E-state index contributed by atoms with van der Waals surface area (Å²) < 4.78 is 63.6. The second-order valence-electron chi connectivity index (χ2n) is 8.52. The van der Waals surface area contributed by atoms with E-state index < -0.39 is 46.5 Å². The van der Waals surface area contributed by atoms with Gasteiger partial charge < -0.3 is 28.6 Å². The van der Waals surface area contributed by atoms with Crippen LogP contribution in [0.2, 0.25) is 0 Å². The summed E-state index contributed by atoms with van der Waals surface area (Å²) in [5.74, 6) is -2.74. The molecule has 4 rings (SSSR count). The molecule has 160 valence electrons. The molecule has 0 N–H and O–H groups in total. The molecule has 4 saturated heterocycles. The minimum atomic E-state index is -4.16. The highest BCUT2D eigenvalue weighted by atomic mass is 32.2. The predicted octanol–water partition coefficient (Wildman–Crippen LogP) is 0.770. The molecule has 0 unspecified atom stereocenters. The summed E-state index contributed by atoms with van der Waals surface area (Å²) in [4.78, 5) is 1.80. The molecule has 0 aromatic heterocycles. The highest BCUT2D eigenvalue weighted by Gasteiger charge is 2.65. The summed E-state index contributed by atoms with van der Waals surface area (Å²) in [6.07, 6.45) is -0.0554. The summed E-state index contributed by atoms with van der Waals surface area (Å²) in [6.45, 7) is 7.63. The van der Waals surface area contributed by atoms with Gasteiger partial charge in [-0.05, 0) is 34.1 Å². The molecule has 4 aliphatic heterocycles. The fraction of sp³-hybridized carbons (Fsp3) is 0.941. The van der Waals surface area contributed by atoms with E-state index in [4.69, 9.17) is 27.9 Å². The fourth-order valence-corrected chi connectivity index (χ4v) is 5.02. The first-order chi connectivity index (χ1) is 12.9. The Labute approximate surface area is 165 Å². The van der Waals surface area contributed by atoms with Gasteiger partial charge in [0, 0.05) is 20.0 Å². The molecule has 4 atom stereocenters. The first-order valence-electron chi connectivity index (χ1n) is 9.47. The van der Waals surface area contributed by atoms with Crippen molar-refractivity contribution in [2.45, 2.75) is 76.2 Å². The third kappa shape index (κ3) is 3.81. The van der Waals surface area contributed by atoms with Crippen molar-refractivity contribution in [1.82, 2.24) is 4.90 Å². The fourth-order valence-electron chi connectivity index (χ4n) is 4.17. The maximum absolute atomic E-state index is 12.4. The van der Waals surface area contributed by atoms with Gasteiger partial charge in [-0.2, -0.15) is 8.42 Å². The van der Waals surface area contributed by atoms with Crippen molar-refractivity contribution < 1.29 is 36.3 Å². The molecule has 0 aromatic carbocycles. The van der Waals surface area contributed by atoms with Crippen molar-refractivity contribution >= 4 is 16.1 Å². The van der Waals surface area contributed by atoms with Crippen LogP contribution in [0, 0.1) is 0 Å². The number of nitrogens with zero attached hydrogens (tertiary/aromatic N) is 2. The van der Waals surface area contributed by atoms with E-state index in [9.17, 15) is 8.42 Å². The summed E-state index contributed by atoms with van der Waals surface area (Å²) >= 11 is 0. The minimum absolute atomic E-state index is 0.171. The molecule has 4 heterocycles. The number of hydrogen-bond donors (Lipinski definition) is 0. The van der Waals surface area contributed by atoms with Crippen LogP contribution in [0.1, 0.15) is 40.5 Å². The van der Waals surface area contributed by atoms with Gasteiger partial charge in [0.25, 0.3) is 0 Å². The maximum Gasteiger partial charge on any atom is 0.382 e. The SMILES string of the molecule is CN1CCCC1=NS(=O)(=O)OC[C@@]12OC[C@H]3OC(C)(C)O[C@H]3[C@@H]1OC(C)(C)O2. The van der Waals surface area contributed by atoms with Crippen LogP contribution < -0.4 is 0 Å². The number of ether oxygens (including phenoxy) is 5. The number of rotatable bonds is 4. The van der Waals surface area contributed by atoms with Crippen molar-refractivity contribution in [3.8, 4) is 0 Å². The van der Waals surface area contributed by atoms with Crippen LogP contribution in [0.4, 0.5) is 0 Å². The average molecular weight is 420 g/mol. The van der Waals surface area contributed by atoms with Crippen molar-refractivity contribution in [3.05, 3.63) is 0 Å². The zero-order valence-electron chi connectivity index (χ0n) is 16.8. The highest BCUT2D eigenvalue weighted by molar-refractivity contribution is 7.85. The van der Waals surface area contributed by atoms with Gasteiger partial charge in [-0.3, -0.25) is 0 Å². The summed E-state index contributed by atoms with van der Waals surface area (Å²) in [6, 6.07) is 0. The van der Waals surface area contributed by atoms with Crippen molar-refractivity contribution in [1.29, 1.82) is 0 Å². The second-order valence-corrected chi connectivity index (χ2v) is 9.80. The third-order valence-corrected chi connectivity index (χ3v) is 6.09. The maximum atomic E-state index is 12.4. The number of hydrogen-bond acceptors (Lipinski definition) is 8. The Morgan fingerprint density at radius 2 is 1.93 bits per heavy atom. The van der Waals surface area contributed by atoms with Crippen LogP contribution in [-0.2, 0) is 38.2 Å². The number of amidine groups is 1. The van der Waals surface area contributed by atoms with E-state index in [-0.39, 0.29) is 12.7 Å². The molecular weight excluding hydrogens is 392 g/mol. The molecule has 0 amide bonds. The lowest BCUT2D eigenvalue weighted by Gasteiger charge is -2.40. The Morgan fingerprint density at radius 3 is 2.61 bits per heavy atom. The zero-order valence-corrected chi connectivity index (χ0v) is 17.7. The van der Waals surface area contributed by atoms with Crippen molar-refractivity contribution in [3.63, 3.8) is 0 Å². The Morgan fingerprint density at radius 1 is 1.18 bits per heavy atom. The quantitative estimate of drug-likeness (QED) is 0.652. The van der Waals surface area contributed by atoms with E-state index in [1.54, 1.807) is 25.8 Å². The molecule has 4 fully saturated rings. The van der Waals surface area contributed by atoms with Gasteiger partial charge in [0.05, 0.1) is 6.61 Å². The number of likely N-dealkylation sites (tertiary alicyclic amines) is 1. The van der Waals surface area contributed by atoms with Gasteiger partial charge in [-0.25, -0.2) is 4.18 Å². The first-order valence-corrected chi connectivity index (χ1v) is 10.8. The van der Waals surface area contributed by atoms with E-state index in [1.165, 1.54) is 0 Å². The number of fused-ring (bicyclic) bond motifs is 3. The van der Waals surface area contributed by atoms with Gasteiger partial charge in [0.15, 0.2) is 11.6 Å². The molecule has 10 nitrogen and oxygen atoms in total. The summed E-state index contributed by atoms with van der Waals surface area (Å²) in [7, 11) is -2.36. The smallest absolute Gasteiger partial charge is 0.362 e. The van der Waals surface area contributed by atoms with Gasteiger partial charge in [-0.1, -0.05) is 0 Å². The van der Waals surface area contributed by atoms with Crippen LogP contribution in [0.3, 0.4) is 0 Å². The lowest BCUT2D eigenvalue weighted by Crippen LogP contribution is -2.60. The molecule has 0 spiro atoms. The van der Waals surface area contributed by atoms with E-state index in [0.717, 1.165) is 13.0 Å². The normalized spacial score (nSPS) is 40.7. The third-order valence-electron chi connectivity index (χ3n) is 5.24. The Balaban J connectivity index is 1.54. The zero-order chi connectivity index (χ0) is 20.4. The van der Waals surface area contributed by atoms with E-state index >= 15 is 0 Å². The first kappa shape index (κ1) is 20.5. The van der Waals surface area contributed by atoms with Gasteiger partial charge in [0.1, 0.15) is 30.8 Å². The molecule has 28 heavy (non-hydrogen) atoms. The molecule has 0 aliphatic carbocycles. The summed E-state index contributed by atoms with van der Waals surface area (Å²) in [5, 5.41) is 0. The van der Waals surface area contributed by atoms with Gasteiger partial charge in [0.2, 0.25) is 5.79 Å². The Kier molecular flexibility index (Phi) is 4.82. The standard InChI is InChI=1S/C17H28N2O8S/c1-15(2)24-11-9-22-17(14(13(11)25-15)26-16(3,4)27-17)10-23-28(20,21)18-12-7-6-8-19(12)5/h11,13-14H,6-10H2,1-5H3/t11-,13-,14+,17+/m1/s1. The van der Waals surface area contributed by atoms with Crippen molar-refractivity contribution in [2.24, 2.45) is 4.40 Å². The summed E-state index contributed by atoms with van der Waals surface area (Å²) in [5.41, 5.74) is 0. The monoisotopic (exact) mass is 420 g/mol. The van der Waals surface area contributed by atoms with Gasteiger partial charge in [-0.15, -0.1) is 4.40 Å². The van der Waals surface area contributed by atoms with E-state index in [0.29, 0.717) is 12.3 Å². The molecule has 0 bridgehead atoms. The molecule has 4 aliphatic rings. The average Bonchev–Trinajstić information content (AvgIpc) is 3.18. The van der Waals surface area contributed by atoms with Crippen molar-refractivity contribution in [2.75, 3.05) is 26.8 Å². The predicted molar refractivity (Wildman–Crippen MR) is 96.7 cm³/mol. The largest absolute Gasteiger partial charge is 0.382 e. The molecule has 0 radical (unpaired) electrons. The molecule has 0 saturated carbocycles. The van der Waals surface area contributed by atoms with E-state index in [2.05, 4.69) is 4.40 Å². The van der Waals surface area contributed by atoms with Crippen LogP contribution in [0.25, 0.3) is 0 Å². The van der Waals surface area contributed by atoms with Gasteiger partial charge >= 0.3 is 10.3 Å². The topological polar surface area (TPSA) is 105 Å². The van der Waals surface area contributed by atoms with E-state index in [1.807, 2.05) is 13.8 Å². The van der Waals surface area contributed by atoms with Crippen LogP contribution in [0.5, 0.6) is 0 Å². The lowest BCUT2D eigenvalue weighted by atomic mass is 9.98. The lowest BCUT2D eigenvalue weighted by molar-refractivity contribution is -0.290. The van der Waals surface area contributed by atoms with Crippen LogP contribution in [0.15, 0.2) is 4.40 Å². The molecule has 11 heteroatoms. The van der Waals surface area contributed by atoms with Crippen LogP contribution in [-0.4, -0.2) is 81.6 Å². The Bertz CT molecular complexity index is 767. The minimum Gasteiger partial charge on any atom is -0.362 e.